The zero-order valence-corrected chi connectivity index (χ0v) is 27.3. The first-order chi connectivity index (χ1) is 21.2. The standard InChI is InChI=1S/C35H44FN5O2S/c1-23(2)14-20-39(21-15-24(3)4)33(42)25-12-13-27-28(22-25)40(19-9-18-38-16-6-5-7-17-38)35-37-31-30-26(36)10-8-11-29(30)44-32(31)34(43)41(27)35/h8,10-13,22-24H,5-7,9,14-21H2,1-4H3. The number of piperidine rings is 1. The lowest BCUT2D eigenvalue weighted by Crippen LogP contribution is -2.34. The van der Waals surface area contributed by atoms with Crippen LogP contribution in [0.5, 0.6) is 0 Å². The van der Waals surface area contributed by atoms with Crippen molar-refractivity contribution >= 4 is 54.4 Å². The number of carbonyl (C=O) groups is 1. The van der Waals surface area contributed by atoms with Gasteiger partial charge in [0.2, 0.25) is 5.78 Å². The molecule has 1 amide bonds. The number of benzene rings is 2. The summed E-state index contributed by atoms with van der Waals surface area (Å²) in [6.07, 6.45) is 6.54. The number of amides is 1. The fourth-order valence-corrected chi connectivity index (χ4v) is 7.52. The van der Waals surface area contributed by atoms with Gasteiger partial charge in [-0.25, -0.2) is 13.8 Å². The minimum Gasteiger partial charge on any atom is -0.339 e. The molecular formula is C35H44FN5O2S. The Morgan fingerprint density at radius 2 is 1.70 bits per heavy atom. The van der Waals surface area contributed by atoms with Gasteiger partial charge in [-0.15, -0.1) is 11.3 Å². The number of thiophene rings is 1. The van der Waals surface area contributed by atoms with Crippen LogP contribution in [-0.2, 0) is 6.54 Å². The number of hydrogen-bond donors (Lipinski definition) is 0. The highest BCUT2D eigenvalue weighted by atomic mass is 32.1. The number of aryl methyl sites for hydroxylation is 1. The second-order valence-corrected chi connectivity index (χ2v) is 14.3. The minimum atomic E-state index is -0.367. The van der Waals surface area contributed by atoms with Crippen molar-refractivity contribution in [2.24, 2.45) is 11.8 Å². The van der Waals surface area contributed by atoms with Gasteiger partial charge in [-0.05, 0) is 93.9 Å². The largest absolute Gasteiger partial charge is 0.339 e. The lowest BCUT2D eigenvalue weighted by atomic mass is 10.1. The molecule has 6 rings (SSSR count). The molecule has 234 valence electrons. The van der Waals surface area contributed by atoms with Crippen molar-refractivity contribution in [1.29, 1.82) is 0 Å². The lowest BCUT2D eigenvalue weighted by molar-refractivity contribution is 0.0741. The molecular weight excluding hydrogens is 573 g/mol. The van der Waals surface area contributed by atoms with E-state index in [1.165, 1.54) is 36.7 Å². The van der Waals surface area contributed by atoms with E-state index in [-0.39, 0.29) is 17.3 Å². The third-order valence-electron chi connectivity index (χ3n) is 8.99. The average Bonchev–Trinajstić information content (AvgIpc) is 3.54. The highest BCUT2D eigenvalue weighted by molar-refractivity contribution is 7.25. The van der Waals surface area contributed by atoms with E-state index >= 15 is 4.39 Å². The van der Waals surface area contributed by atoms with Gasteiger partial charge in [-0.1, -0.05) is 40.2 Å². The Labute approximate surface area is 262 Å². The zero-order chi connectivity index (χ0) is 31.0. The van der Waals surface area contributed by atoms with E-state index in [0.29, 0.717) is 45.3 Å². The number of halogens is 1. The van der Waals surface area contributed by atoms with Crippen molar-refractivity contribution in [3.05, 3.63) is 58.1 Å². The van der Waals surface area contributed by atoms with Crippen LogP contribution >= 0.6 is 11.3 Å². The quantitative estimate of drug-likeness (QED) is 0.153. The Hall–Kier alpha value is -3.30. The van der Waals surface area contributed by atoms with E-state index < -0.39 is 0 Å². The van der Waals surface area contributed by atoms with Crippen molar-refractivity contribution in [3.63, 3.8) is 0 Å². The third kappa shape index (κ3) is 6.01. The molecule has 4 heterocycles. The first-order valence-electron chi connectivity index (χ1n) is 16.3. The summed E-state index contributed by atoms with van der Waals surface area (Å²) in [6, 6.07) is 10.6. The van der Waals surface area contributed by atoms with Crippen molar-refractivity contribution < 1.29 is 9.18 Å². The topological polar surface area (TPSA) is 62.9 Å². The molecule has 0 spiro atoms. The second kappa shape index (κ2) is 13.0. The Balaban J connectivity index is 1.47. The summed E-state index contributed by atoms with van der Waals surface area (Å²) < 4.78 is 19.9. The van der Waals surface area contributed by atoms with Crippen LogP contribution in [-0.4, -0.2) is 62.4 Å². The first kappa shape index (κ1) is 30.7. The molecule has 0 N–H and O–H groups in total. The monoisotopic (exact) mass is 617 g/mol. The molecule has 1 saturated heterocycles. The Bertz CT molecular complexity index is 1850. The zero-order valence-electron chi connectivity index (χ0n) is 26.4. The van der Waals surface area contributed by atoms with Gasteiger partial charge in [0.15, 0.2) is 0 Å². The van der Waals surface area contributed by atoms with Gasteiger partial charge in [-0.2, -0.15) is 0 Å². The van der Waals surface area contributed by atoms with Crippen LogP contribution in [0.4, 0.5) is 4.39 Å². The molecule has 0 aliphatic carbocycles. The van der Waals surface area contributed by atoms with Crippen LogP contribution in [0.2, 0.25) is 0 Å². The molecule has 1 aliphatic heterocycles. The number of carbonyl (C=O) groups excluding carboxylic acids is 1. The van der Waals surface area contributed by atoms with Gasteiger partial charge in [0.25, 0.3) is 11.5 Å². The average molecular weight is 618 g/mol. The molecule has 0 atom stereocenters. The molecule has 7 nitrogen and oxygen atoms in total. The molecule has 0 radical (unpaired) electrons. The summed E-state index contributed by atoms with van der Waals surface area (Å²) in [4.78, 5) is 37.5. The second-order valence-electron chi connectivity index (χ2n) is 13.2. The van der Waals surface area contributed by atoms with E-state index in [1.54, 1.807) is 10.5 Å². The fraction of sp³-hybridized carbons (Fsp3) is 0.514. The number of likely N-dealkylation sites (tertiary alicyclic amines) is 1. The van der Waals surface area contributed by atoms with Crippen LogP contribution < -0.4 is 5.56 Å². The summed E-state index contributed by atoms with van der Waals surface area (Å²) in [5.41, 5.74) is 2.38. The Morgan fingerprint density at radius 3 is 2.41 bits per heavy atom. The van der Waals surface area contributed by atoms with Crippen LogP contribution in [0.15, 0.2) is 41.2 Å². The van der Waals surface area contributed by atoms with Crippen LogP contribution in [0.1, 0.15) is 76.6 Å². The molecule has 2 aromatic carbocycles. The Kier molecular flexibility index (Phi) is 9.06. The molecule has 0 saturated carbocycles. The number of hydrogen-bond acceptors (Lipinski definition) is 5. The first-order valence-corrected chi connectivity index (χ1v) is 17.1. The maximum Gasteiger partial charge on any atom is 0.277 e. The van der Waals surface area contributed by atoms with E-state index in [2.05, 4.69) is 37.2 Å². The molecule has 3 aromatic heterocycles. The third-order valence-corrected chi connectivity index (χ3v) is 10.1. The van der Waals surface area contributed by atoms with Gasteiger partial charge < -0.3 is 14.4 Å². The highest BCUT2D eigenvalue weighted by Gasteiger charge is 2.23. The number of fused-ring (bicyclic) bond motifs is 6. The predicted octanol–water partition coefficient (Wildman–Crippen LogP) is 7.57. The van der Waals surface area contributed by atoms with Crippen molar-refractivity contribution in [1.82, 2.24) is 23.8 Å². The maximum atomic E-state index is 15.0. The normalized spacial score (nSPS) is 14.7. The molecule has 0 bridgehead atoms. The maximum absolute atomic E-state index is 15.0. The molecule has 1 aliphatic rings. The highest BCUT2D eigenvalue weighted by Crippen LogP contribution is 2.34. The minimum absolute atomic E-state index is 0.0210. The summed E-state index contributed by atoms with van der Waals surface area (Å²) >= 11 is 1.29. The van der Waals surface area contributed by atoms with Gasteiger partial charge in [0.1, 0.15) is 16.0 Å². The van der Waals surface area contributed by atoms with Crippen molar-refractivity contribution in [3.8, 4) is 0 Å². The van der Waals surface area contributed by atoms with Gasteiger partial charge in [0.05, 0.1) is 16.4 Å². The number of imidazole rings is 1. The predicted molar refractivity (Wildman–Crippen MR) is 180 cm³/mol. The SMILES string of the molecule is CC(C)CCN(CCC(C)C)C(=O)c1ccc2c(c1)n(CCCN1CCCCC1)c1nc3c(sc4cccc(F)c43)c(=O)n21. The summed E-state index contributed by atoms with van der Waals surface area (Å²) in [6.45, 7) is 14.0. The molecule has 5 aromatic rings. The Morgan fingerprint density at radius 1 is 0.977 bits per heavy atom. The van der Waals surface area contributed by atoms with Crippen LogP contribution in [0.25, 0.3) is 37.1 Å². The van der Waals surface area contributed by atoms with E-state index in [9.17, 15) is 9.59 Å². The molecule has 0 unspecified atom stereocenters. The van der Waals surface area contributed by atoms with Crippen LogP contribution in [0, 0.1) is 17.7 Å². The summed E-state index contributed by atoms with van der Waals surface area (Å²) in [5.74, 6) is 1.16. The smallest absolute Gasteiger partial charge is 0.277 e. The molecule has 9 heteroatoms. The fourth-order valence-electron chi connectivity index (χ4n) is 6.43. The lowest BCUT2D eigenvalue weighted by Gasteiger charge is -2.26. The van der Waals surface area contributed by atoms with Crippen molar-refractivity contribution in [2.45, 2.75) is 72.8 Å². The van der Waals surface area contributed by atoms with Gasteiger partial charge >= 0.3 is 0 Å². The van der Waals surface area contributed by atoms with Gasteiger partial charge in [-0.3, -0.25) is 9.59 Å². The van der Waals surface area contributed by atoms with E-state index in [0.717, 1.165) is 67.7 Å². The number of nitrogens with zero attached hydrogens (tertiary/aromatic N) is 5. The van der Waals surface area contributed by atoms with E-state index in [4.69, 9.17) is 4.98 Å². The number of aromatic nitrogens is 3. The molecule has 1 fully saturated rings. The summed E-state index contributed by atoms with van der Waals surface area (Å²) in [7, 11) is 0. The van der Waals surface area contributed by atoms with Crippen LogP contribution in [0.3, 0.4) is 0 Å². The number of rotatable bonds is 11. The van der Waals surface area contributed by atoms with Crippen molar-refractivity contribution in [2.75, 3.05) is 32.7 Å². The van der Waals surface area contributed by atoms with Gasteiger partial charge in [0, 0.05) is 29.9 Å². The molecule has 44 heavy (non-hydrogen) atoms. The summed E-state index contributed by atoms with van der Waals surface area (Å²) in [5, 5.41) is 0.402. The van der Waals surface area contributed by atoms with E-state index in [1.807, 2.05) is 29.2 Å².